The fourth-order valence-corrected chi connectivity index (χ4v) is 3.47. The van der Waals surface area contributed by atoms with Crippen LogP contribution in [0.1, 0.15) is 63.8 Å². The molecule has 6 nitrogen and oxygen atoms in total. The molecule has 1 amide bonds. The molecule has 2 N–H and O–H groups in total. The van der Waals surface area contributed by atoms with Crippen LogP contribution >= 0.6 is 0 Å². The summed E-state index contributed by atoms with van der Waals surface area (Å²) in [6, 6.07) is 11.0. The summed E-state index contributed by atoms with van der Waals surface area (Å²) in [5.41, 5.74) is 2.34. The number of rotatable bonds is 6. The highest BCUT2D eigenvalue weighted by Crippen LogP contribution is 2.40. The number of ether oxygens (including phenoxy) is 2. The van der Waals surface area contributed by atoms with Gasteiger partial charge in [-0.3, -0.25) is 4.79 Å². The molecular formula is C27H34N2O4. The smallest absolute Gasteiger partial charge is 0.262 e. The van der Waals surface area contributed by atoms with Crippen molar-refractivity contribution in [1.82, 2.24) is 5.32 Å². The van der Waals surface area contributed by atoms with Crippen molar-refractivity contribution in [2.75, 3.05) is 14.2 Å². The minimum absolute atomic E-state index is 0.0205. The van der Waals surface area contributed by atoms with Gasteiger partial charge in [0.25, 0.3) is 5.91 Å². The van der Waals surface area contributed by atoms with E-state index in [2.05, 4.69) is 5.32 Å². The first kappa shape index (κ1) is 25.8. The Morgan fingerprint density at radius 2 is 1.61 bits per heavy atom. The zero-order valence-corrected chi connectivity index (χ0v) is 20.8. The van der Waals surface area contributed by atoms with Crippen LogP contribution in [0.3, 0.4) is 0 Å². The first-order valence-electron chi connectivity index (χ1n) is 10.8. The quantitative estimate of drug-likeness (QED) is 0.465. The third-order valence-electron chi connectivity index (χ3n) is 5.36. The Morgan fingerprint density at radius 1 is 1.03 bits per heavy atom. The molecule has 0 aliphatic carbocycles. The van der Waals surface area contributed by atoms with E-state index in [1.807, 2.05) is 59.7 Å². The standard InChI is InChI=1S/C27H34N2O4/c1-26(2,3)21-12-17(13-22(24(21)30)27(4,5)6)11-19(15-28)25(31)29-16-18-9-10-20(32-7)14-23(18)33-8/h9-14,30H,16H2,1-8H3,(H,29,31)/b19-11+. The molecule has 0 unspecified atom stereocenters. The molecule has 2 rings (SSSR count). The summed E-state index contributed by atoms with van der Waals surface area (Å²) in [5, 5.41) is 23.3. The lowest BCUT2D eigenvalue weighted by Gasteiger charge is -2.28. The second kappa shape index (κ2) is 9.99. The van der Waals surface area contributed by atoms with Crippen LogP contribution in [0.15, 0.2) is 35.9 Å². The van der Waals surface area contributed by atoms with Gasteiger partial charge in [0, 0.05) is 29.3 Å². The SMILES string of the molecule is COc1ccc(CNC(=O)/C(C#N)=C/c2cc(C(C)(C)C)c(O)c(C(C)(C)C)c2)c(OC)c1. The fraction of sp³-hybridized carbons (Fsp3) is 0.407. The predicted octanol–water partition coefficient (Wildman–Crippen LogP) is 5.23. The van der Waals surface area contributed by atoms with Crippen molar-refractivity contribution in [3.8, 4) is 23.3 Å². The third kappa shape index (κ3) is 6.29. The van der Waals surface area contributed by atoms with Gasteiger partial charge in [-0.05, 0) is 46.7 Å². The summed E-state index contributed by atoms with van der Waals surface area (Å²) in [6.07, 6.45) is 1.56. The first-order chi connectivity index (χ1) is 15.3. The summed E-state index contributed by atoms with van der Waals surface area (Å²) in [4.78, 5) is 12.8. The number of hydrogen-bond acceptors (Lipinski definition) is 5. The van der Waals surface area contributed by atoms with Gasteiger partial charge in [-0.1, -0.05) is 41.5 Å². The third-order valence-corrected chi connectivity index (χ3v) is 5.36. The van der Waals surface area contributed by atoms with Gasteiger partial charge in [-0.15, -0.1) is 0 Å². The van der Waals surface area contributed by atoms with Crippen molar-refractivity contribution in [3.05, 3.63) is 58.2 Å². The van der Waals surface area contributed by atoms with Crippen LogP contribution in [-0.2, 0) is 22.2 Å². The largest absolute Gasteiger partial charge is 0.507 e. The highest BCUT2D eigenvalue weighted by molar-refractivity contribution is 6.01. The maximum Gasteiger partial charge on any atom is 0.262 e. The number of nitrogens with zero attached hydrogens (tertiary/aromatic N) is 1. The molecule has 2 aromatic carbocycles. The average molecular weight is 451 g/mol. The lowest BCUT2D eigenvalue weighted by Crippen LogP contribution is -2.24. The number of benzene rings is 2. The zero-order chi connectivity index (χ0) is 25.0. The molecule has 0 aliphatic heterocycles. The van der Waals surface area contributed by atoms with E-state index in [1.165, 1.54) is 0 Å². The Morgan fingerprint density at radius 3 is 2.06 bits per heavy atom. The molecule has 0 saturated heterocycles. The van der Waals surface area contributed by atoms with E-state index >= 15 is 0 Å². The number of aromatic hydroxyl groups is 1. The van der Waals surface area contributed by atoms with E-state index in [1.54, 1.807) is 38.5 Å². The van der Waals surface area contributed by atoms with Crippen LogP contribution in [0.25, 0.3) is 6.08 Å². The molecule has 0 spiro atoms. The number of methoxy groups -OCH3 is 2. The predicted molar refractivity (Wildman–Crippen MR) is 130 cm³/mol. The van der Waals surface area contributed by atoms with E-state index in [4.69, 9.17) is 9.47 Å². The molecule has 176 valence electrons. The lowest BCUT2D eigenvalue weighted by molar-refractivity contribution is -0.117. The molecule has 0 aliphatic rings. The molecule has 0 radical (unpaired) electrons. The number of carbonyl (C=O) groups excluding carboxylic acids is 1. The van der Waals surface area contributed by atoms with E-state index < -0.39 is 5.91 Å². The number of nitriles is 1. The Hall–Kier alpha value is -3.46. The molecule has 6 heteroatoms. The van der Waals surface area contributed by atoms with Crippen molar-refractivity contribution in [3.63, 3.8) is 0 Å². The van der Waals surface area contributed by atoms with Crippen molar-refractivity contribution in [2.24, 2.45) is 0 Å². The molecular weight excluding hydrogens is 416 g/mol. The van der Waals surface area contributed by atoms with Gasteiger partial charge in [-0.2, -0.15) is 5.26 Å². The molecule has 0 heterocycles. The Labute approximate surface area is 196 Å². The molecule has 0 aromatic heterocycles. The number of phenols is 1. The molecule has 2 aromatic rings. The molecule has 0 saturated carbocycles. The number of carbonyl (C=O) groups is 1. The number of phenolic OH excluding ortho intramolecular Hbond substituents is 1. The maximum absolute atomic E-state index is 12.8. The van der Waals surface area contributed by atoms with Gasteiger partial charge in [0.15, 0.2) is 0 Å². The number of hydrogen-bond donors (Lipinski definition) is 2. The zero-order valence-electron chi connectivity index (χ0n) is 20.8. The summed E-state index contributed by atoms with van der Waals surface area (Å²) >= 11 is 0. The van der Waals surface area contributed by atoms with Gasteiger partial charge < -0.3 is 19.9 Å². The topological polar surface area (TPSA) is 91.6 Å². The Kier molecular flexibility index (Phi) is 7.81. The second-order valence-electron chi connectivity index (χ2n) is 9.99. The summed E-state index contributed by atoms with van der Waals surface area (Å²) < 4.78 is 10.6. The minimum atomic E-state index is -0.488. The van der Waals surface area contributed by atoms with E-state index in [9.17, 15) is 15.2 Å². The first-order valence-corrected chi connectivity index (χ1v) is 10.8. The van der Waals surface area contributed by atoms with Crippen LogP contribution in [0.4, 0.5) is 0 Å². The van der Waals surface area contributed by atoms with Crippen LogP contribution in [-0.4, -0.2) is 25.2 Å². The van der Waals surface area contributed by atoms with Crippen molar-refractivity contribution >= 4 is 12.0 Å². The minimum Gasteiger partial charge on any atom is -0.507 e. The van der Waals surface area contributed by atoms with Crippen molar-refractivity contribution in [1.29, 1.82) is 5.26 Å². The molecule has 33 heavy (non-hydrogen) atoms. The van der Waals surface area contributed by atoms with Crippen molar-refractivity contribution < 1.29 is 19.4 Å². The number of amides is 1. The second-order valence-corrected chi connectivity index (χ2v) is 9.99. The highest BCUT2D eigenvalue weighted by Gasteiger charge is 2.26. The monoisotopic (exact) mass is 450 g/mol. The highest BCUT2D eigenvalue weighted by atomic mass is 16.5. The maximum atomic E-state index is 12.8. The van der Waals surface area contributed by atoms with Gasteiger partial charge in [0.1, 0.15) is 28.9 Å². The van der Waals surface area contributed by atoms with Crippen molar-refractivity contribution in [2.45, 2.75) is 58.9 Å². The average Bonchev–Trinajstić information content (AvgIpc) is 2.74. The van der Waals surface area contributed by atoms with Gasteiger partial charge in [-0.25, -0.2) is 0 Å². The lowest BCUT2D eigenvalue weighted by atomic mass is 9.78. The van der Waals surface area contributed by atoms with E-state index in [0.717, 1.165) is 16.7 Å². The Bertz CT molecular complexity index is 1060. The molecule has 0 fully saturated rings. The molecule has 0 atom stereocenters. The van der Waals surface area contributed by atoms with Crippen LogP contribution in [0, 0.1) is 11.3 Å². The summed E-state index contributed by atoms with van der Waals surface area (Å²) in [7, 11) is 3.12. The number of nitrogens with one attached hydrogen (secondary N) is 1. The van der Waals surface area contributed by atoms with Gasteiger partial charge in [0.05, 0.1) is 14.2 Å². The fourth-order valence-electron chi connectivity index (χ4n) is 3.47. The van der Waals surface area contributed by atoms with E-state index in [-0.39, 0.29) is 28.7 Å². The van der Waals surface area contributed by atoms with E-state index in [0.29, 0.717) is 17.1 Å². The normalized spacial score (nSPS) is 12.2. The molecule has 0 bridgehead atoms. The van der Waals surface area contributed by atoms with Gasteiger partial charge in [0.2, 0.25) is 0 Å². The van der Waals surface area contributed by atoms with Crippen LogP contribution in [0.5, 0.6) is 17.2 Å². The van der Waals surface area contributed by atoms with Crippen LogP contribution < -0.4 is 14.8 Å². The van der Waals surface area contributed by atoms with Gasteiger partial charge >= 0.3 is 0 Å². The Balaban J connectivity index is 2.39. The summed E-state index contributed by atoms with van der Waals surface area (Å²) in [5.74, 6) is 0.997. The van der Waals surface area contributed by atoms with Crippen LogP contribution in [0.2, 0.25) is 0 Å². The summed E-state index contributed by atoms with van der Waals surface area (Å²) in [6.45, 7) is 12.3.